The molecule has 2 N–H and O–H groups in total. The summed E-state index contributed by atoms with van der Waals surface area (Å²) in [6.45, 7) is 0.437. The van der Waals surface area contributed by atoms with Gasteiger partial charge in [0.1, 0.15) is 0 Å². The summed E-state index contributed by atoms with van der Waals surface area (Å²) in [5, 5.41) is 1.06. The Morgan fingerprint density at radius 2 is 2.06 bits per heavy atom. The van der Waals surface area contributed by atoms with E-state index in [2.05, 4.69) is 4.98 Å². The van der Waals surface area contributed by atoms with Crippen LogP contribution in [0.4, 0.5) is 0 Å². The quantitative estimate of drug-likeness (QED) is 0.897. The van der Waals surface area contributed by atoms with Crippen LogP contribution in [-0.4, -0.2) is 9.55 Å². The zero-order chi connectivity index (χ0) is 11.7. The van der Waals surface area contributed by atoms with Crippen molar-refractivity contribution < 1.29 is 0 Å². The molecule has 0 unspecified atom stereocenters. The van der Waals surface area contributed by atoms with E-state index in [1.54, 1.807) is 18.5 Å². The zero-order valence-electron chi connectivity index (χ0n) is 8.74. The summed E-state index contributed by atoms with van der Waals surface area (Å²) in [5.41, 5.74) is 8.43. The summed E-state index contributed by atoms with van der Waals surface area (Å²) < 4.78 is 1.90. The molecule has 0 saturated heterocycles. The number of hydrogen-bond acceptors (Lipinski definition) is 2. The summed E-state index contributed by atoms with van der Waals surface area (Å²) in [7, 11) is 1.91. The van der Waals surface area contributed by atoms with Gasteiger partial charge in [-0.15, -0.1) is 0 Å². The highest BCUT2D eigenvalue weighted by Gasteiger charge is 2.10. The van der Waals surface area contributed by atoms with Crippen LogP contribution in [0.3, 0.4) is 0 Å². The van der Waals surface area contributed by atoms with Crippen molar-refractivity contribution in [2.45, 2.75) is 6.54 Å². The van der Waals surface area contributed by atoms with Gasteiger partial charge in [0.2, 0.25) is 0 Å². The van der Waals surface area contributed by atoms with E-state index in [1.165, 1.54) is 0 Å². The summed E-state index contributed by atoms with van der Waals surface area (Å²) in [6, 6.07) is 5.44. The Bertz CT molecular complexity index is 520. The summed E-state index contributed by atoms with van der Waals surface area (Å²) >= 11 is 11.8. The van der Waals surface area contributed by atoms with Crippen LogP contribution in [0, 0.1) is 0 Å². The molecule has 1 aromatic heterocycles. The van der Waals surface area contributed by atoms with Gasteiger partial charge in [0.15, 0.2) is 0 Å². The van der Waals surface area contributed by atoms with Crippen molar-refractivity contribution in [3.63, 3.8) is 0 Å². The van der Waals surface area contributed by atoms with Crippen LogP contribution in [0.5, 0.6) is 0 Å². The molecule has 0 atom stereocenters. The molecule has 0 saturated carbocycles. The third-order valence-corrected chi connectivity index (χ3v) is 3.18. The average molecular weight is 256 g/mol. The second-order valence-corrected chi connectivity index (χ2v) is 4.30. The van der Waals surface area contributed by atoms with Gasteiger partial charge in [-0.05, 0) is 12.1 Å². The molecule has 0 aliphatic carbocycles. The minimum Gasteiger partial charge on any atom is -0.336 e. The topological polar surface area (TPSA) is 43.8 Å². The van der Waals surface area contributed by atoms with Gasteiger partial charge in [-0.2, -0.15) is 0 Å². The normalized spacial score (nSPS) is 10.8. The molecule has 0 spiro atoms. The lowest BCUT2D eigenvalue weighted by molar-refractivity contribution is 0.822. The lowest BCUT2D eigenvalue weighted by atomic mass is 10.1. The van der Waals surface area contributed by atoms with Gasteiger partial charge in [-0.1, -0.05) is 29.3 Å². The molecule has 5 heteroatoms. The van der Waals surface area contributed by atoms with Crippen molar-refractivity contribution >= 4 is 23.2 Å². The van der Waals surface area contributed by atoms with Crippen molar-refractivity contribution in [3.8, 4) is 11.3 Å². The first kappa shape index (κ1) is 11.5. The molecule has 0 aliphatic heterocycles. The van der Waals surface area contributed by atoms with Crippen molar-refractivity contribution in [1.29, 1.82) is 0 Å². The maximum atomic E-state index is 5.97. The Hall–Kier alpha value is -1.03. The number of rotatable bonds is 2. The van der Waals surface area contributed by atoms with E-state index in [9.17, 15) is 0 Å². The SMILES string of the molecule is Cn1cnc(-c2ccc(Cl)c(Cl)c2)c1CN. The molecule has 0 bridgehead atoms. The Balaban J connectivity index is 2.54. The second-order valence-electron chi connectivity index (χ2n) is 3.48. The van der Waals surface area contributed by atoms with Gasteiger partial charge in [-0.25, -0.2) is 4.98 Å². The number of nitrogens with two attached hydrogens (primary N) is 1. The maximum absolute atomic E-state index is 5.97. The van der Waals surface area contributed by atoms with E-state index in [0.717, 1.165) is 17.0 Å². The van der Waals surface area contributed by atoms with Gasteiger partial charge in [-0.3, -0.25) is 0 Å². The molecule has 0 aliphatic rings. The average Bonchev–Trinajstić information content (AvgIpc) is 2.63. The van der Waals surface area contributed by atoms with E-state index in [0.29, 0.717) is 16.6 Å². The molecule has 16 heavy (non-hydrogen) atoms. The molecule has 84 valence electrons. The van der Waals surface area contributed by atoms with Crippen LogP contribution < -0.4 is 5.73 Å². The van der Waals surface area contributed by atoms with Gasteiger partial charge < -0.3 is 10.3 Å². The third-order valence-electron chi connectivity index (χ3n) is 2.45. The largest absolute Gasteiger partial charge is 0.336 e. The third kappa shape index (κ3) is 1.94. The summed E-state index contributed by atoms with van der Waals surface area (Å²) in [6.07, 6.45) is 1.74. The summed E-state index contributed by atoms with van der Waals surface area (Å²) in [4.78, 5) is 4.31. The first-order valence-electron chi connectivity index (χ1n) is 4.79. The molecule has 1 heterocycles. The van der Waals surface area contributed by atoms with Crippen LogP contribution in [0.2, 0.25) is 10.0 Å². The highest BCUT2D eigenvalue weighted by molar-refractivity contribution is 6.42. The Labute approximate surface area is 104 Å². The maximum Gasteiger partial charge on any atom is 0.0953 e. The first-order chi connectivity index (χ1) is 7.63. The molecule has 2 aromatic rings. The van der Waals surface area contributed by atoms with E-state index in [-0.39, 0.29) is 0 Å². The number of hydrogen-bond donors (Lipinski definition) is 1. The highest BCUT2D eigenvalue weighted by atomic mass is 35.5. The monoisotopic (exact) mass is 255 g/mol. The minimum absolute atomic E-state index is 0.437. The van der Waals surface area contributed by atoms with Gasteiger partial charge in [0.25, 0.3) is 0 Å². The molecule has 0 amide bonds. The van der Waals surface area contributed by atoms with Crippen LogP contribution in [-0.2, 0) is 13.6 Å². The van der Waals surface area contributed by atoms with Gasteiger partial charge in [0.05, 0.1) is 27.8 Å². The van der Waals surface area contributed by atoms with E-state index in [4.69, 9.17) is 28.9 Å². The number of benzene rings is 1. The molecule has 3 nitrogen and oxygen atoms in total. The molecule has 2 rings (SSSR count). The predicted octanol–water partition coefficient (Wildman–Crippen LogP) is 2.85. The highest BCUT2D eigenvalue weighted by Crippen LogP contribution is 2.29. The Kier molecular flexibility index (Phi) is 3.19. The molecule has 0 radical (unpaired) electrons. The van der Waals surface area contributed by atoms with Crippen molar-refractivity contribution in [2.24, 2.45) is 12.8 Å². The second kappa shape index (κ2) is 4.45. The summed E-state index contributed by atoms with van der Waals surface area (Å²) in [5.74, 6) is 0. The van der Waals surface area contributed by atoms with Crippen molar-refractivity contribution in [2.75, 3.05) is 0 Å². The Morgan fingerprint density at radius 1 is 1.31 bits per heavy atom. The standard InChI is InChI=1S/C11H11Cl2N3/c1-16-6-15-11(10(16)5-14)7-2-3-8(12)9(13)4-7/h2-4,6H,5,14H2,1H3. The predicted molar refractivity (Wildman–Crippen MR) is 66.6 cm³/mol. The number of nitrogens with zero attached hydrogens (tertiary/aromatic N) is 2. The first-order valence-corrected chi connectivity index (χ1v) is 5.54. The Morgan fingerprint density at radius 3 is 2.69 bits per heavy atom. The van der Waals surface area contributed by atoms with Crippen molar-refractivity contribution in [3.05, 3.63) is 40.3 Å². The van der Waals surface area contributed by atoms with Crippen LogP contribution in [0.1, 0.15) is 5.69 Å². The van der Waals surface area contributed by atoms with Crippen molar-refractivity contribution in [1.82, 2.24) is 9.55 Å². The lowest BCUT2D eigenvalue weighted by Gasteiger charge is -2.04. The smallest absolute Gasteiger partial charge is 0.0953 e. The van der Waals surface area contributed by atoms with E-state index in [1.807, 2.05) is 17.7 Å². The molecular formula is C11H11Cl2N3. The number of halogens is 2. The van der Waals surface area contributed by atoms with Gasteiger partial charge >= 0.3 is 0 Å². The van der Waals surface area contributed by atoms with Crippen LogP contribution >= 0.6 is 23.2 Å². The number of aromatic nitrogens is 2. The molecule has 0 fully saturated rings. The van der Waals surface area contributed by atoms with E-state index >= 15 is 0 Å². The minimum atomic E-state index is 0.437. The number of imidazole rings is 1. The number of aryl methyl sites for hydroxylation is 1. The zero-order valence-corrected chi connectivity index (χ0v) is 10.3. The van der Waals surface area contributed by atoms with E-state index < -0.39 is 0 Å². The fraction of sp³-hybridized carbons (Fsp3) is 0.182. The fourth-order valence-corrected chi connectivity index (χ4v) is 1.88. The van der Waals surface area contributed by atoms with Crippen LogP contribution in [0.25, 0.3) is 11.3 Å². The van der Waals surface area contributed by atoms with Crippen LogP contribution in [0.15, 0.2) is 24.5 Å². The van der Waals surface area contributed by atoms with Gasteiger partial charge in [0, 0.05) is 19.2 Å². The fourth-order valence-electron chi connectivity index (χ4n) is 1.58. The molecule has 1 aromatic carbocycles. The molecular weight excluding hydrogens is 245 g/mol. The lowest BCUT2D eigenvalue weighted by Crippen LogP contribution is -2.04.